The second-order valence-corrected chi connectivity index (χ2v) is 4.89. The first-order chi connectivity index (χ1) is 7.60. The molecule has 1 fully saturated rings. The lowest BCUT2D eigenvalue weighted by Gasteiger charge is -2.37. The van der Waals surface area contributed by atoms with Crippen molar-refractivity contribution in [3.05, 3.63) is 0 Å². The highest BCUT2D eigenvalue weighted by molar-refractivity contribution is 5.75. The number of nitrogens with two attached hydrogens (primary N) is 1. The van der Waals surface area contributed by atoms with Gasteiger partial charge < -0.3 is 10.5 Å². The van der Waals surface area contributed by atoms with Crippen LogP contribution in [0, 0.1) is 11.8 Å². The summed E-state index contributed by atoms with van der Waals surface area (Å²) in [5.74, 6) is 1.31. The van der Waals surface area contributed by atoms with Gasteiger partial charge in [-0.15, -0.1) is 0 Å². The van der Waals surface area contributed by atoms with Gasteiger partial charge in [0.25, 0.3) is 0 Å². The fraction of sp³-hybridized carbons (Fsp3) is 0.917. The summed E-state index contributed by atoms with van der Waals surface area (Å²) in [6.07, 6.45) is 2.32. The molecule has 0 aromatic rings. The Morgan fingerprint density at radius 2 is 2.00 bits per heavy atom. The van der Waals surface area contributed by atoms with Crippen LogP contribution in [0.15, 0.2) is 0 Å². The number of carbonyl (C=O) groups excluding carboxylic acids is 1. The minimum absolute atomic E-state index is 0.203. The first kappa shape index (κ1) is 13.5. The van der Waals surface area contributed by atoms with Crippen LogP contribution in [0.2, 0.25) is 0 Å². The van der Waals surface area contributed by atoms with Gasteiger partial charge in [-0.05, 0) is 37.8 Å². The van der Waals surface area contributed by atoms with Crippen molar-refractivity contribution < 1.29 is 9.53 Å². The Balaban J connectivity index is 2.48. The fourth-order valence-electron chi connectivity index (χ4n) is 2.43. The quantitative estimate of drug-likeness (QED) is 0.725. The second kappa shape index (κ2) is 6.21. The van der Waals surface area contributed by atoms with Gasteiger partial charge in [0.05, 0.1) is 7.11 Å². The lowest BCUT2D eigenvalue weighted by Crippen LogP contribution is -2.50. The van der Waals surface area contributed by atoms with E-state index in [1.165, 1.54) is 7.11 Å². The maximum absolute atomic E-state index is 11.5. The SMILES string of the molecule is COC(=O)C(CN)N1CCC(C(C)C)CC1. The molecule has 0 spiro atoms. The van der Waals surface area contributed by atoms with Crippen molar-refractivity contribution in [1.82, 2.24) is 4.90 Å². The van der Waals surface area contributed by atoms with Gasteiger partial charge in [-0.25, -0.2) is 0 Å². The largest absolute Gasteiger partial charge is 0.468 e. The molecule has 1 saturated heterocycles. The van der Waals surface area contributed by atoms with E-state index in [0.717, 1.165) is 37.8 Å². The van der Waals surface area contributed by atoms with Gasteiger partial charge in [0.2, 0.25) is 0 Å². The fourth-order valence-corrected chi connectivity index (χ4v) is 2.43. The summed E-state index contributed by atoms with van der Waals surface area (Å²) < 4.78 is 4.77. The van der Waals surface area contributed by atoms with E-state index in [1.54, 1.807) is 0 Å². The predicted molar refractivity (Wildman–Crippen MR) is 64.0 cm³/mol. The van der Waals surface area contributed by atoms with Crippen LogP contribution in [0.1, 0.15) is 26.7 Å². The average molecular weight is 228 g/mol. The molecule has 0 radical (unpaired) electrons. The van der Waals surface area contributed by atoms with Crippen LogP contribution < -0.4 is 5.73 Å². The van der Waals surface area contributed by atoms with Crippen LogP contribution in [-0.4, -0.2) is 43.7 Å². The van der Waals surface area contributed by atoms with Crippen LogP contribution in [0.25, 0.3) is 0 Å². The van der Waals surface area contributed by atoms with Crippen molar-refractivity contribution in [3.63, 3.8) is 0 Å². The zero-order chi connectivity index (χ0) is 12.1. The van der Waals surface area contributed by atoms with E-state index in [4.69, 9.17) is 10.5 Å². The Morgan fingerprint density at radius 3 is 2.38 bits per heavy atom. The van der Waals surface area contributed by atoms with Crippen molar-refractivity contribution in [2.45, 2.75) is 32.7 Å². The van der Waals surface area contributed by atoms with Crippen molar-refractivity contribution in [3.8, 4) is 0 Å². The molecule has 4 nitrogen and oxygen atoms in total. The number of rotatable bonds is 4. The van der Waals surface area contributed by atoms with E-state index in [9.17, 15) is 4.79 Å². The van der Waals surface area contributed by atoms with Crippen LogP contribution in [0.4, 0.5) is 0 Å². The van der Waals surface area contributed by atoms with Gasteiger partial charge in [-0.2, -0.15) is 0 Å². The molecule has 0 aromatic heterocycles. The maximum atomic E-state index is 11.5. The Labute approximate surface area is 98.1 Å². The molecule has 4 heteroatoms. The van der Waals surface area contributed by atoms with Crippen molar-refractivity contribution in [2.75, 3.05) is 26.7 Å². The standard InChI is InChI=1S/C12H24N2O2/c1-9(2)10-4-6-14(7-5-10)11(8-13)12(15)16-3/h9-11H,4-8,13H2,1-3H3. The van der Waals surface area contributed by atoms with Gasteiger partial charge in [-0.3, -0.25) is 9.69 Å². The van der Waals surface area contributed by atoms with Gasteiger partial charge in [0, 0.05) is 6.54 Å². The molecule has 0 aromatic carbocycles. The van der Waals surface area contributed by atoms with E-state index >= 15 is 0 Å². The summed E-state index contributed by atoms with van der Waals surface area (Å²) in [6, 6.07) is -0.252. The van der Waals surface area contributed by atoms with Gasteiger partial charge >= 0.3 is 5.97 Å². The summed E-state index contributed by atoms with van der Waals surface area (Å²) in [4.78, 5) is 13.7. The lowest BCUT2D eigenvalue weighted by atomic mass is 9.86. The molecule has 1 aliphatic heterocycles. The molecular formula is C12H24N2O2. The smallest absolute Gasteiger partial charge is 0.324 e. The summed E-state index contributed by atoms with van der Waals surface area (Å²) >= 11 is 0. The molecule has 1 heterocycles. The number of esters is 1. The van der Waals surface area contributed by atoms with Gasteiger partial charge in [-0.1, -0.05) is 13.8 Å². The van der Waals surface area contributed by atoms with Crippen LogP contribution in [-0.2, 0) is 9.53 Å². The third kappa shape index (κ3) is 3.19. The van der Waals surface area contributed by atoms with Crippen LogP contribution >= 0.6 is 0 Å². The number of likely N-dealkylation sites (tertiary alicyclic amines) is 1. The summed E-state index contributed by atoms with van der Waals surface area (Å²) in [6.45, 7) is 6.79. The number of ether oxygens (including phenoxy) is 1. The minimum Gasteiger partial charge on any atom is -0.468 e. The highest BCUT2D eigenvalue weighted by Gasteiger charge is 2.30. The molecule has 94 valence electrons. The molecule has 1 unspecified atom stereocenters. The molecule has 0 amide bonds. The van der Waals surface area contributed by atoms with E-state index in [-0.39, 0.29) is 12.0 Å². The Morgan fingerprint density at radius 1 is 1.44 bits per heavy atom. The molecular weight excluding hydrogens is 204 g/mol. The van der Waals surface area contributed by atoms with Crippen molar-refractivity contribution in [2.24, 2.45) is 17.6 Å². The summed E-state index contributed by atoms with van der Waals surface area (Å²) in [5, 5.41) is 0. The number of methoxy groups -OCH3 is 1. The van der Waals surface area contributed by atoms with Crippen LogP contribution in [0.3, 0.4) is 0 Å². The molecule has 0 bridgehead atoms. The number of nitrogens with zero attached hydrogens (tertiary/aromatic N) is 1. The molecule has 1 rings (SSSR count). The highest BCUT2D eigenvalue weighted by atomic mass is 16.5. The molecule has 1 aliphatic rings. The third-order valence-corrected chi connectivity index (χ3v) is 3.65. The minimum atomic E-state index is -0.252. The monoisotopic (exact) mass is 228 g/mol. The van der Waals surface area contributed by atoms with Crippen LogP contribution in [0.5, 0.6) is 0 Å². The Kier molecular flexibility index (Phi) is 5.22. The first-order valence-corrected chi connectivity index (χ1v) is 6.12. The molecule has 2 N–H and O–H groups in total. The predicted octanol–water partition coefficient (Wildman–Crippen LogP) is 0.855. The van der Waals surface area contributed by atoms with Gasteiger partial charge in [0.15, 0.2) is 0 Å². The second-order valence-electron chi connectivity index (χ2n) is 4.89. The Hall–Kier alpha value is -0.610. The third-order valence-electron chi connectivity index (χ3n) is 3.65. The van der Waals surface area contributed by atoms with E-state index in [0.29, 0.717) is 6.54 Å². The van der Waals surface area contributed by atoms with E-state index in [2.05, 4.69) is 18.7 Å². The normalized spacial score (nSPS) is 21.1. The zero-order valence-corrected chi connectivity index (χ0v) is 10.6. The first-order valence-electron chi connectivity index (χ1n) is 6.12. The molecule has 0 aliphatic carbocycles. The number of hydrogen-bond acceptors (Lipinski definition) is 4. The van der Waals surface area contributed by atoms with Crippen molar-refractivity contribution >= 4 is 5.97 Å². The summed E-state index contributed by atoms with van der Waals surface area (Å²) in [5.41, 5.74) is 5.63. The van der Waals surface area contributed by atoms with Gasteiger partial charge in [0.1, 0.15) is 6.04 Å². The highest BCUT2D eigenvalue weighted by Crippen LogP contribution is 2.25. The molecule has 1 atom stereocenters. The number of hydrogen-bond donors (Lipinski definition) is 1. The topological polar surface area (TPSA) is 55.6 Å². The van der Waals surface area contributed by atoms with E-state index < -0.39 is 0 Å². The molecule has 0 saturated carbocycles. The molecule has 16 heavy (non-hydrogen) atoms. The zero-order valence-electron chi connectivity index (χ0n) is 10.6. The number of carbonyl (C=O) groups is 1. The maximum Gasteiger partial charge on any atom is 0.324 e. The lowest BCUT2D eigenvalue weighted by molar-refractivity contribution is -0.147. The Bertz CT molecular complexity index is 223. The van der Waals surface area contributed by atoms with Crippen molar-refractivity contribution in [1.29, 1.82) is 0 Å². The average Bonchev–Trinajstić information content (AvgIpc) is 2.30. The van der Waals surface area contributed by atoms with E-state index in [1.807, 2.05) is 0 Å². The summed E-state index contributed by atoms with van der Waals surface area (Å²) in [7, 11) is 1.42. The number of piperidine rings is 1.